The third-order valence-corrected chi connectivity index (χ3v) is 3.35. The van der Waals surface area contributed by atoms with E-state index in [4.69, 9.17) is 27.4 Å². The lowest BCUT2D eigenvalue weighted by Crippen LogP contribution is -2.23. The van der Waals surface area contributed by atoms with Crippen LogP contribution < -0.4 is 5.32 Å². The van der Waals surface area contributed by atoms with Crippen LogP contribution in [0.15, 0.2) is 0 Å². The highest BCUT2D eigenvalue weighted by Gasteiger charge is 1.93. The van der Waals surface area contributed by atoms with Crippen molar-refractivity contribution in [3.63, 3.8) is 0 Å². The fourth-order valence-electron chi connectivity index (χ4n) is 2.14. The van der Waals surface area contributed by atoms with Crippen LogP contribution >= 0.6 is 0 Å². The first kappa shape index (κ1) is 26.0. The highest BCUT2D eigenvalue weighted by Crippen LogP contribution is 2.10. The van der Waals surface area contributed by atoms with Gasteiger partial charge in [-0.05, 0) is 6.42 Å². The predicted octanol–water partition coefficient (Wildman–Crippen LogP) is 2.85. The van der Waals surface area contributed by atoms with Gasteiger partial charge in [0.15, 0.2) is 0 Å². The summed E-state index contributed by atoms with van der Waals surface area (Å²) < 4.78 is 37.1. The SMILES string of the molecule is CCCCCCCCCCCCOCCNCCO.O=S(=O)(O)O. The van der Waals surface area contributed by atoms with Crippen LogP contribution in [0.25, 0.3) is 0 Å². The van der Waals surface area contributed by atoms with Crippen LogP contribution in [0.2, 0.25) is 0 Å². The first-order valence-electron chi connectivity index (χ1n) is 9.01. The second-order valence-corrected chi connectivity index (χ2v) is 6.61. The average molecular weight is 372 g/mol. The lowest BCUT2D eigenvalue weighted by molar-refractivity contribution is 0.130. The minimum atomic E-state index is -4.67. The Morgan fingerprint density at radius 1 is 0.792 bits per heavy atom. The lowest BCUT2D eigenvalue weighted by Gasteiger charge is -2.05. The van der Waals surface area contributed by atoms with E-state index in [1.54, 1.807) is 0 Å². The number of aliphatic hydroxyl groups excluding tert-OH is 1. The van der Waals surface area contributed by atoms with Gasteiger partial charge in [0, 0.05) is 19.7 Å². The molecule has 0 saturated heterocycles. The van der Waals surface area contributed by atoms with Crippen LogP contribution in [0.3, 0.4) is 0 Å². The summed E-state index contributed by atoms with van der Waals surface area (Å²) in [4.78, 5) is 0. The Kier molecular flexibility index (Phi) is 22.5. The van der Waals surface area contributed by atoms with Gasteiger partial charge in [-0.15, -0.1) is 0 Å². The Balaban J connectivity index is 0. The number of hydrogen-bond donors (Lipinski definition) is 4. The van der Waals surface area contributed by atoms with Crippen molar-refractivity contribution < 1.29 is 27.4 Å². The van der Waals surface area contributed by atoms with Crippen molar-refractivity contribution >= 4 is 10.4 Å². The van der Waals surface area contributed by atoms with E-state index < -0.39 is 10.4 Å². The molecule has 0 atom stereocenters. The van der Waals surface area contributed by atoms with E-state index in [1.807, 2.05) is 0 Å². The minimum Gasteiger partial charge on any atom is -0.395 e. The molecule has 0 aromatic rings. The van der Waals surface area contributed by atoms with Crippen LogP contribution in [0.5, 0.6) is 0 Å². The molecule has 0 radical (unpaired) electrons. The zero-order chi connectivity index (χ0) is 18.5. The fraction of sp³-hybridized carbons (Fsp3) is 1.00. The maximum absolute atomic E-state index is 8.74. The number of unbranched alkanes of at least 4 members (excludes halogenated alkanes) is 9. The maximum Gasteiger partial charge on any atom is 0.394 e. The van der Waals surface area contributed by atoms with Crippen LogP contribution in [0, 0.1) is 0 Å². The second kappa shape index (κ2) is 20.8. The quantitative estimate of drug-likeness (QED) is 0.243. The Morgan fingerprint density at radius 2 is 1.25 bits per heavy atom. The topological polar surface area (TPSA) is 116 Å². The van der Waals surface area contributed by atoms with Gasteiger partial charge in [0.25, 0.3) is 0 Å². The van der Waals surface area contributed by atoms with Crippen LogP contribution in [-0.4, -0.2) is 55.5 Å². The first-order valence-corrected chi connectivity index (χ1v) is 10.4. The smallest absolute Gasteiger partial charge is 0.394 e. The normalized spacial score (nSPS) is 11.2. The molecule has 0 aliphatic heterocycles. The molecule has 0 aliphatic rings. The van der Waals surface area contributed by atoms with Gasteiger partial charge in [-0.25, -0.2) is 0 Å². The molecule has 0 aromatic carbocycles. The molecule has 0 aromatic heterocycles. The molecule has 0 fully saturated rings. The number of rotatable bonds is 16. The monoisotopic (exact) mass is 371 g/mol. The van der Waals surface area contributed by atoms with E-state index in [0.717, 1.165) is 19.8 Å². The van der Waals surface area contributed by atoms with E-state index in [9.17, 15) is 0 Å². The number of aliphatic hydroxyl groups is 1. The molecule has 8 heteroatoms. The molecule has 0 heterocycles. The highest BCUT2D eigenvalue weighted by molar-refractivity contribution is 7.79. The minimum absolute atomic E-state index is 0.207. The standard InChI is InChI=1S/C16H35NO2.H2O4S/c1-2-3-4-5-6-7-8-9-10-11-15-19-16-13-17-12-14-18;1-5(2,3)4/h17-18H,2-16H2,1H3;(H2,1,2,3,4). The van der Waals surface area contributed by atoms with E-state index in [1.165, 1.54) is 64.2 Å². The summed E-state index contributed by atoms with van der Waals surface area (Å²) in [6.45, 7) is 5.64. The van der Waals surface area contributed by atoms with Gasteiger partial charge >= 0.3 is 10.4 Å². The van der Waals surface area contributed by atoms with E-state index in [-0.39, 0.29) is 6.61 Å². The van der Waals surface area contributed by atoms with Crippen molar-refractivity contribution in [2.75, 3.05) is 32.9 Å². The number of hydrogen-bond acceptors (Lipinski definition) is 5. The molecular formula is C16H37NO6S. The molecule has 148 valence electrons. The summed E-state index contributed by atoms with van der Waals surface area (Å²) in [5.74, 6) is 0. The van der Waals surface area contributed by atoms with Crippen molar-refractivity contribution in [3.05, 3.63) is 0 Å². The summed E-state index contributed by atoms with van der Waals surface area (Å²) in [6, 6.07) is 0. The molecule has 0 amide bonds. The average Bonchev–Trinajstić information content (AvgIpc) is 2.49. The van der Waals surface area contributed by atoms with E-state index in [2.05, 4.69) is 12.2 Å². The largest absolute Gasteiger partial charge is 0.395 e. The first-order chi connectivity index (χ1) is 11.4. The molecule has 7 nitrogen and oxygen atoms in total. The van der Waals surface area contributed by atoms with Crippen LogP contribution in [0.4, 0.5) is 0 Å². The van der Waals surface area contributed by atoms with Crippen LogP contribution in [0.1, 0.15) is 71.1 Å². The van der Waals surface area contributed by atoms with Crippen LogP contribution in [-0.2, 0) is 15.1 Å². The molecule has 0 rings (SSSR count). The van der Waals surface area contributed by atoms with Crippen molar-refractivity contribution in [2.45, 2.75) is 71.1 Å². The molecule has 4 N–H and O–H groups in total. The Morgan fingerprint density at radius 3 is 1.71 bits per heavy atom. The second-order valence-electron chi connectivity index (χ2n) is 5.72. The zero-order valence-electron chi connectivity index (χ0n) is 15.1. The summed E-state index contributed by atoms with van der Waals surface area (Å²) >= 11 is 0. The fourth-order valence-corrected chi connectivity index (χ4v) is 2.14. The molecule has 0 spiro atoms. The third kappa shape index (κ3) is 37.8. The van der Waals surface area contributed by atoms with Crippen molar-refractivity contribution in [3.8, 4) is 0 Å². The third-order valence-electron chi connectivity index (χ3n) is 3.35. The molecule has 0 aliphatic carbocycles. The predicted molar refractivity (Wildman–Crippen MR) is 96.8 cm³/mol. The summed E-state index contributed by atoms with van der Waals surface area (Å²) in [5.41, 5.74) is 0. The number of ether oxygens (including phenoxy) is 1. The molecule has 0 saturated carbocycles. The Bertz CT molecular complexity index is 301. The van der Waals surface area contributed by atoms with Gasteiger partial charge in [0.1, 0.15) is 0 Å². The number of nitrogens with one attached hydrogen (secondary N) is 1. The summed E-state index contributed by atoms with van der Waals surface area (Å²) in [7, 11) is -4.67. The Hall–Kier alpha value is -0.250. The van der Waals surface area contributed by atoms with Crippen molar-refractivity contribution in [2.24, 2.45) is 0 Å². The molecular weight excluding hydrogens is 334 g/mol. The van der Waals surface area contributed by atoms with Gasteiger partial charge in [-0.2, -0.15) is 8.42 Å². The maximum atomic E-state index is 8.74. The van der Waals surface area contributed by atoms with E-state index >= 15 is 0 Å². The molecule has 0 bridgehead atoms. The van der Waals surface area contributed by atoms with Gasteiger partial charge in [0.05, 0.1) is 13.2 Å². The van der Waals surface area contributed by atoms with Gasteiger partial charge < -0.3 is 15.2 Å². The van der Waals surface area contributed by atoms with Crippen molar-refractivity contribution in [1.82, 2.24) is 5.32 Å². The Labute approximate surface area is 147 Å². The summed E-state index contributed by atoms with van der Waals surface area (Å²) in [6.07, 6.45) is 13.7. The van der Waals surface area contributed by atoms with Gasteiger partial charge in [-0.3, -0.25) is 9.11 Å². The molecule has 0 unspecified atom stereocenters. The van der Waals surface area contributed by atoms with Gasteiger partial charge in [0.2, 0.25) is 0 Å². The molecule has 24 heavy (non-hydrogen) atoms. The lowest BCUT2D eigenvalue weighted by atomic mass is 10.1. The highest BCUT2D eigenvalue weighted by atomic mass is 32.3. The van der Waals surface area contributed by atoms with Gasteiger partial charge in [-0.1, -0.05) is 64.7 Å². The zero-order valence-corrected chi connectivity index (χ0v) is 15.9. The van der Waals surface area contributed by atoms with E-state index in [0.29, 0.717) is 6.54 Å². The summed E-state index contributed by atoms with van der Waals surface area (Å²) in [5, 5.41) is 11.7. The van der Waals surface area contributed by atoms with Crippen molar-refractivity contribution in [1.29, 1.82) is 0 Å².